The fourth-order valence-electron chi connectivity index (χ4n) is 1.72. The molecule has 0 atom stereocenters. The second kappa shape index (κ2) is 6.37. The zero-order valence-electron chi connectivity index (χ0n) is 11.6. The Morgan fingerprint density at radius 1 is 1.43 bits per heavy atom. The van der Waals surface area contributed by atoms with Crippen LogP contribution in [0.1, 0.15) is 17.8 Å². The molecule has 0 fully saturated rings. The number of anilines is 1. The molecule has 2 aromatic rings. The van der Waals surface area contributed by atoms with Gasteiger partial charge in [0.1, 0.15) is 4.21 Å². The third-order valence-corrected chi connectivity index (χ3v) is 5.66. The van der Waals surface area contributed by atoms with Crippen molar-refractivity contribution in [2.45, 2.75) is 24.5 Å². The summed E-state index contributed by atoms with van der Waals surface area (Å²) >= 11 is 1.13. The van der Waals surface area contributed by atoms with Crippen molar-refractivity contribution in [3.05, 3.63) is 28.9 Å². The van der Waals surface area contributed by atoms with E-state index in [-0.39, 0.29) is 23.1 Å². The number of amides is 1. The minimum absolute atomic E-state index is 0.0437. The molecule has 114 valence electrons. The highest BCUT2D eigenvalue weighted by Gasteiger charge is 2.15. The van der Waals surface area contributed by atoms with Gasteiger partial charge in [-0.3, -0.25) is 9.89 Å². The lowest BCUT2D eigenvalue weighted by Crippen LogP contribution is -2.27. The first-order valence-electron chi connectivity index (χ1n) is 6.25. The van der Waals surface area contributed by atoms with Gasteiger partial charge in [0.2, 0.25) is 15.9 Å². The molecule has 2 aromatic heterocycles. The fourth-order valence-corrected chi connectivity index (χ4v) is 3.79. The first-order valence-corrected chi connectivity index (χ1v) is 8.61. The zero-order valence-corrected chi connectivity index (χ0v) is 13.3. The Labute approximate surface area is 126 Å². The van der Waals surface area contributed by atoms with E-state index < -0.39 is 10.0 Å². The van der Waals surface area contributed by atoms with Crippen molar-refractivity contribution in [2.24, 2.45) is 0 Å². The predicted molar refractivity (Wildman–Crippen MR) is 80.8 cm³/mol. The number of sulfonamides is 1. The van der Waals surface area contributed by atoms with E-state index in [2.05, 4.69) is 20.2 Å². The Kier molecular flexibility index (Phi) is 4.76. The van der Waals surface area contributed by atoms with Crippen LogP contribution in [0, 0.1) is 13.8 Å². The highest BCUT2D eigenvalue weighted by atomic mass is 32.2. The molecule has 3 N–H and O–H groups in total. The molecule has 0 saturated carbocycles. The fraction of sp³-hybridized carbons (Fsp3) is 0.333. The van der Waals surface area contributed by atoms with Crippen molar-refractivity contribution >= 4 is 33.0 Å². The molecule has 21 heavy (non-hydrogen) atoms. The minimum atomic E-state index is -3.52. The maximum atomic E-state index is 11.9. The van der Waals surface area contributed by atoms with E-state index in [0.717, 1.165) is 17.0 Å². The standard InChI is InChI=1S/C12H16N4O3S2/c1-8-12(9(2)16-15-8)14-10(17)5-6-13-21(18,19)11-4-3-7-20-11/h3-4,7,13H,5-6H2,1-2H3,(H,14,17)(H,15,16). The molecule has 0 aromatic carbocycles. The highest BCUT2D eigenvalue weighted by molar-refractivity contribution is 7.91. The quantitative estimate of drug-likeness (QED) is 0.745. The van der Waals surface area contributed by atoms with Crippen molar-refractivity contribution in [3.8, 4) is 0 Å². The number of nitrogens with one attached hydrogen (secondary N) is 3. The zero-order chi connectivity index (χ0) is 15.5. The SMILES string of the molecule is Cc1n[nH]c(C)c1NC(=O)CCNS(=O)(=O)c1cccs1. The summed E-state index contributed by atoms with van der Waals surface area (Å²) in [6.07, 6.45) is 0.0503. The summed E-state index contributed by atoms with van der Waals surface area (Å²) in [7, 11) is -3.52. The molecular formula is C12H16N4O3S2. The van der Waals surface area contributed by atoms with E-state index >= 15 is 0 Å². The number of carbonyl (C=O) groups is 1. The summed E-state index contributed by atoms with van der Waals surface area (Å²) in [6.45, 7) is 3.62. The smallest absolute Gasteiger partial charge is 0.250 e. The van der Waals surface area contributed by atoms with Gasteiger partial charge >= 0.3 is 0 Å². The molecule has 0 unspecified atom stereocenters. The van der Waals surface area contributed by atoms with Crippen LogP contribution >= 0.6 is 11.3 Å². The molecule has 9 heteroatoms. The van der Waals surface area contributed by atoms with E-state index in [0.29, 0.717) is 11.4 Å². The second-order valence-corrected chi connectivity index (χ2v) is 7.38. The summed E-state index contributed by atoms with van der Waals surface area (Å²) < 4.78 is 26.3. The highest BCUT2D eigenvalue weighted by Crippen LogP contribution is 2.17. The van der Waals surface area contributed by atoms with Gasteiger partial charge in [-0.05, 0) is 25.3 Å². The van der Waals surface area contributed by atoms with Crippen LogP contribution in [-0.4, -0.2) is 31.1 Å². The molecule has 0 aliphatic heterocycles. The van der Waals surface area contributed by atoms with Gasteiger partial charge in [-0.25, -0.2) is 13.1 Å². The lowest BCUT2D eigenvalue weighted by molar-refractivity contribution is -0.116. The van der Waals surface area contributed by atoms with Gasteiger partial charge in [-0.15, -0.1) is 11.3 Å². The first-order chi connectivity index (χ1) is 9.90. The summed E-state index contributed by atoms with van der Waals surface area (Å²) in [5.41, 5.74) is 2.10. The van der Waals surface area contributed by atoms with Crippen LogP contribution in [-0.2, 0) is 14.8 Å². The number of rotatable bonds is 6. The second-order valence-electron chi connectivity index (χ2n) is 4.44. The Hall–Kier alpha value is -1.71. The predicted octanol–water partition coefficient (Wildman–Crippen LogP) is 1.40. The normalized spacial score (nSPS) is 11.5. The molecule has 0 aliphatic rings. The van der Waals surface area contributed by atoms with Crippen LogP contribution in [0.3, 0.4) is 0 Å². The van der Waals surface area contributed by atoms with E-state index in [4.69, 9.17) is 0 Å². The number of aromatic amines is 1. The average Bonchev–Trinajstić information content (AvgIpc) is 3.04. The number of H-pyrrole nitrogens is 1. The first kappa shape index (κ1) is 15.7. The third kappa shape index (κ3) is 3.90. The maximum Gasteiger partial charge on any atom is 0.250 e. The van der Waals surface area contributed by atoms with Crippen molar-refractivity contribution in [1.82, 2.24) is 14.9 Å². The molecule has 2 rings (SSSR count). The van der Waals surface area contributed by atoms with Gasteiger partial charge in [0.15, 0.2) is 0 Å². The summed E-state index contributed by atoms with van der Waals surface area (Å²) in [5, 5.41) is 11.1. The molecule has 7 nitrogen and oxygen atoms in total. The minimum Gasteiger partial charge on any atom is -0.323 e. The van der Waals surface area contributed by atoms with Crippen molar-refractivity contribution in [2.75, 3.05) is 11.9 Å². The average molecular weight is 328 g/mol. The molecule has 1 amide bonds. The van der Waals surface area contributed by atoms with Crippen molar-refractivity contribution in [3.63, 3.8) is 0 Å². The lowest BCUT2D eigenvalue weighted by atomic mass is 10.3. The lowest BCUT2D eigenvalue weighted by Gasteiger charge is -2.06. The van der Waals surface area contributed by atoms with Crippen molar-refractivity contribution in [1.29, 1.82) is 0 Å². The summed E-state index contributed by atoms with van der Waals surface area (Å²) in [6, 6.07) is 3.18. The van der Waals surface area contributed by atoms with E-state index in [1.54, 1.807) is 25.3 Å². The topological polar surface area (TPSA) is 104 Å². The molecule has 0 radical (unpaired) electrons. The molecule has 0 bridgehead atoms. The number of thiophene rings is 1. The Morgan fingerprint density at radius 3 is 2.76 bits per heavy atom. The third-order valence-electron chi connectivity index (χ3n) is 2.80. The van der Waals surface area contributed by atoms with E-state index in [9.17, 15) is 13.2 Å². The van der Waals surface area contributed by atoms with Gasteiger partial charge in [0.25, 0.3) is 0 Å². The largest absolute Gasteiger partial charge is 0.323 e. The maximum absolute atomic E-state index is 11.9. The molecule has 0 spiro atoms. The number of aromatic nitrogens is 2. The number of carbonyl (C=O) groups excluding carboxylic acids is 1. The summed E-state index contributed by atoms with van der Waals surface area (Å²) in [4.78, 5) is 11.8. The van der Waals surface area contributed by atoms with Crippen LogP contribution in [0.4, 0.5) is 5.69 Å². The van der Waals surface area contributed by atoms with Crippen LogP contribution in [0.25, 0.3) is 0 Å². The number of hydrogen-bond acceptors (Lipinski definition) is 5. The van der Waals surface area contributed by atoms with Crippen LogP contribution in [0.2, 0.25) is 0 Å². The van der Waals surface area contributed by atoms with E-state index in [1.807, 2.05) is 0 Å². The van der Waals surface area contributed by atoms with Crippen LogP contribution in [0.5, 0.6) is 0 Å². The van der Waals surface area contributed by atoms with Gasteiger partial charge in [0.05, 0.1) is 17.1 Å². The summed E-state index contributed by atoms with van der Waals surface area (Å²) in [5.74, 6) is -0.267. The monoisotopic (exact) mass is 328 g/mol. The molecule has 2 heterocycles. The number of hydrogen-bond donors (Lipinski definition) is 3. The molecular weight excluding hydrogens is 312 g/mol. The Morgan fingerprint density at radius 2 is 2.19 bits per heavy atom. The number of aryl methyl sites for hydroxylation is 2. The van der Waals surface area contributed by atoms with E-state index in [1.165, 1.54) is 6.07 Å². The van der Waals surface area contributed by atoms with Gasteiger partial charge < -0.3 is 5.32 Å². The Balaban J connectivity index is 1.85. The van der Waals surface area contributed by atoms with Crippen molar-refractivity contribution < 1.29 is 13.2 Å². The van der Waals surface area contributed by atoms with Gasteiger partial charge in [-0.2, -0.15) is 5.10 Å². The molecule has 0 saturated heterocycles. The Bertz CT molecular complexity index is 700. The van der Waals surface area contributed by atoms with Crippen LogP contribution in [0.15, 0.2) is 21.7 Å². The van der Waals surface area contributed by atoms with Gasteiger partial charge in [-0.1, -0.05) is 6.07 Å². The van der Waals surface area contributed by atoms with Gasteiger partial charge in [0, 0.05) is 13.0 Å². The number of nitrogens with zero attached hydrogens (tertiary/aromatic N) is 1. The molecule has 0 aliphatic carbocycles. The van der Waals surface area contributed by atoms with Crippen LogP contribution < -0.4 is 10.0 Å².